The summed E-state index contributed by atoms with van der Waals surface area (Å²) >= 11 is 0. The van der Waals surface area contributed by atoms with E-state index in [0.717, 1.165) is 24.8 Å². The number of rotatable bonds is 6. The van der Waals surface area contributed by atoms with E-state index in [1.807, 2.05) is 19.1 Å². The van der Waals surface area contributed by atoms with Crippen molar-refractivity contribution in [3.05, 3.63) is 23.8 Å². The Morgan fingerprint density at radius 3 is 2.79 bits per heavy atom. The van der Waals surface area contributed by atoms with Crippen LogP contribution in [-0.2, 0) is 9.53 Å². The number of hydrogen-bond acceptors (Lipinski definition) is 3. The number of carboxylic acid groups (broad SMARTS) is 1. The van der Waals surface area contributed by atoms with E-state index in [2.05, 4.69) is 32.9 Å². The van der Waals surface area contributed by atoms with E-state index in [9.17, 15) is 15.2 Å². The van der Waals surface area contributed by atoms with Gasteiger partial charge in [-0.3, -0.25) is 4.79 Å². The normalized spacial score (nSPS) is 46.1. The predicted molar refractivity (Wildman–Crippen MR) is 107 cm³/mol. The van der Waals surface area contributed by atoms with E-state index in [1.165, 1.54) is 0 Å². The van der Waals surface area contributed by atoms with Crippen molar-refractivity contribution in [3.8, 4) is 6.07 Å². The highest BCUT2D eigenvalue weighted by molar-refractivity contribution is 5.85. The lowest BCUT2D eigenvalue weighted by molar-refractivity contribution is -0.178. The number of aliphatic carboxylic acids is 1. The van der Waals surface area contributed by atoms with E-state index in [0.29, 0.717) is 31.5 Å². The zero-order valence-electron chi connectivity index (χ0n) is 17.6. The van der Waals surface area contributed by atoms with Crippen LogP contribution in [0.2, 0.25) is 0 Å². The summed E-state index contributed by atoms with van der Waals surface area (Å²) in [5.41, 5.74) is -1.40. The minimum atomic E-state index is -1.10. The van der Waals surface area contributed by atoms with Gasteiger partial charge in [-0.25, -0.2) is 0 Å². The van der Waals surface area contributed by atoms with E-state index >= 15 is 0 Å². The number of allylic oxidation sites excluding steroid dienone is 2. The standard InChI is InChI=1S/C24H33NO3/c1-5-6-9-28-14-23-12-18-16(4)7-8-19(18)22(13-25)11-17(23)10-20(15(2)3)24(22,23)21(26)27/h5-6,10,15-19H,7-9,11-12,14H2,1-4H3,(H,26,27)/b6-5+. The fraction of sp³-hybridized carbons (Fsp3) is 0.750. The molecule has 0 radical (unpaired) electrons. The number of hydrogen-bond donors (Lipinski definition) is 1. The number of carboxylic acids is 1. The van der Waals surface area contributed by atoms with Crippen molar-refractivity contribution >= 4 is 5.97 Å². The minimum absolute atomic E-state index is 0.124. The average Bonchev–Trinajstić information content (AvgIpc) is 3.22. The molecule has 28 heavy (non-hydrogen) atoms. The van der Waals surface area contributed by atoms with Gasteiger partial charge in [0.15, 0.2) is 0 Å². The van der Waals surface area contributed by atoms with Crippen molar-refractivity contribution < 1.29 is 14.6 Å². The predicted octanol–water partition coefficient (Wildman–Crippen LogP) is 4.83. The van der Waals surface area contributed by atoms with Crippen LogP contribution in [0.25, 0.3) is 0 Å². The molecule has 3 saturated carbocycles. The molecule has 7 atom stereocenters. The van der Waals surface area contributed by atoms with Crippen molar-refractivity contribution in [2.45, 2.75) is 53.4 Å². The molecule has 4 nitrogen and oxygen atoms in total. The van der Waals surface area contributed by atoms with Gasteiger partial charge in [0.1, 0.15) is 5.41 Å². The summed E-state index contributed by atoms with van der Waals surface area (Å²) in [6, 6.07) is 2.67. The number of nitriles is 1. The summed E-state index contributed by atoms with van der Waals surface area (Å²) < 4.78 is 6.10. The summed E-state index contributed by atoms with van der Waals surface area (Å²) in [7, 11) is 0. The van der Waals surface area contributed by atoms with Crippen LogP contribution in [0.5, 0.6) is 0 Å². The zero-order valence-corrected chi connectivity index (χ0v) is 17.6. The molecule has 0 spiro atoms. The summed E-state index contributed by atoms with van der Waals surface area (Å²) in [5, 5.41) is 21.4. The highest BCUT2D eigenvalue weighted by Gasteiger charge is 2.84. The Kier molecular flexibility index (Phi) is 4.54. The first-order chi connectivity index (χ1) is 13.3. The fourth-order valence-electron chi connectivity index (χ4n) is 7.94. The topological polar surface area (TPSA) is 70.3 Å². The Hall–Kier alpha value is -1.60. The molecular formula is C24H33NO3. The van der Waals surface area contributed by atoms with Gasteiger partial charge in [-0.1, -0.05) is 51.0 Å². The second-order valence-corrected chi connectivity index (χ2v) is 10.00. The van der Waals surface area contributed by atoms with Gasteiger partial charge in [-0.2, -0.15) is 5.26 Å². The molecule has 0 aromatic rings. The van der Waals surface area contributed by atoms with Gasteiger partial charge in [-0.05, 0) is 55.8 Å². The fourth-order valence-corrected chi connectivity index (χ4v) is 7.94. The second-order valence-electron chi connectivity index (χ2n) is 10.00. The Morgan fingerprint density at radius 1 is 1.43 bits per heavy atom. The molecule has 3 fully saturated rings. The van der Waals surface area contributed by atoms with Gasteiger partial charge in [0.2, 0.25) is 0 Å². The monoisotopic (exact) mass is 383 g/mol. The smallest absolute Gasteiger partial charge is 0.316 e. The van der Waals surface area contributed by atoms with Crippen LogP contribution in [0.3, 0.4) is 0 Å². The van der Waals surface area contributed by atoms with Crippen molar-refractivity contribution in [3.63, 3.8) is 0 Å². The van der Waals surface area contributed by atoms with Crippen LogP contribution in [0.15, 0.2) is 23.8 Å². The lowest BCUT2D eigenvalue weighted by atomic mass is 9.43. The lowest BCUT2D eigenvalue weighted by Gasteiger charge is -2.57. The largest absolute Gasteiger partial charge is 0.481 e. The molecule has 7 unspecified atom stereocenters. The van der Waals surface area contributed by atoms with E-state index < -0.39 is 22.2 Å². The maximum absolute atomic E-state index is 13.2. The molecule has 0 saturated heterocycles. The van der Waals surface area contributed by atoms with Crippen molar-refractivity contribution in [1.82, 2.24) is 0 Å². The summed E-state index contributed by atoms with van der Waals surface area (Å²) in [5.74, 6) is 0.644. The van der Waals surface area contributed by atoms with Gasteiger partial charge in [0.05, 0.1) is 24.7 Å². The maximum atomic E-state index is 13.2. The van der Waals surface area contributed by atoms with E-state index in [1.54, 1.807) is 0 Å². The summed E-state index contributed by atoms with van der Waals surface area (Å²) in [4.78, 5) is 13.2. The lowest BCUT2D eigenvalue weighted by Crippen LogP contribution is -2.62. The van der Waals surface area contributed by atoms with E-state index in [-0.39, 0.29) is 17.8 Å². The number of ether oxygens (including phenoxy) is 1. The van der Waals surface area contributed by atoms with E-state index in [4.69, 9.17) is 4.74 Å². The first kappa shape index (κ1) is 19.7. The molecule has 4 bridgehead atoms. The summed E-state index contributed by atoms with van der Waals surface area (Å²) in [6.45, 7) is 9.36. The quantitative estimate of drug-likeness (QED) is 0.527. The molecule has 0 aromatic carbocycles. The van der Waals surface area contributed by atoms with Gasteiger partial charge in [0.25, 0.3) is 0 Å². The van der Waals surface area contributed by atoms with Crippen molar-refractivity contribution in [2.75, 3.05) is 13.2 Å². The number of nitrogens with zero attached hydrogens (tertiary/aromatic N) is 1. The average molecular weight is 384 g/mol. The SMILES string of the molecule is C/C=C/COCC12CC3C(C)CCC3C3(C#N)CC1C=C(C(C)C)C32C(=O)O. The number of carbonyl (C=O) groups is 1. The minimum Gasteiger partial charge on any atom is -0.481 e. The zero-order chi connectivity index (χ0) is 20.3. The molecule has 0 heterocycles. The van der Waals surface area contributed by atoms with Crippen molar-refractivity contribution in [2.24, 2.45) is 45.8 Å². The Morgan fingerprint density at radius 2 is 2.18 bits per heavy atom. The Bertz CT molecular complexity index is 777. The molecule has 152 valence electrons. The van der Waals surface area contributed by atoms with Crippen LogP contribution < -0.4 is 0 Å². The molecule has 4 aliphatic rings. The first-order valence-electron chi connectivity index (χ1n) is 10.9. The molecule has 1 N–H and O–H groups in total. The molecule has 4 heteroatoms. The first-order valence-corrected chi connectivity index (χ1v) is 10.9. The third-order valence-corrected chi connectivity index (χ3v) is 8.85. The van der Waals surface area contributed by atoms with Crippen molar-refractivity contribution in [1.29, 1.82) is 5.26 Å². The Labute approximate surface area is 168 Å². The molecule has 4 aliphatic carbocycles. The van der Waals surface area contributed by atoms with Crippen LogP contribution >= 0.6 is 0 Å². The number of fused-ring (bicyclic) bond motifs is 2. The molecule has 0 aromatic heterocycles. The van der Waals surface area contributed by atoms with Gasteiger partial charge in [-0.15, -0.1) is 0 Å². The second kappa shape index (κ2) is 6.46. The maximum Gasteiger partial charge on any atom is 0.316 e. The third kappa shape index (κ3) is 2.02. The third-order valence-electron chi connectivity index (χ3n) is 8.85. The highest BCUT2D eigenvalue weighted by Crippen LogP contribution is 2.83. The Balaban J connectivity index is 1.91. The van der Waals surface area contributed by atoms with Crippen LogP contribution in [0.4, 0.5) is 0 Å². The molecule has 0 aliphatic heterocycles. The highest BCUT2D eigenvalue weighted by atomic mass is 16.5. The van der Waals surface area contributed by atoms with Crippen LogP contribution in [0, 0.1) is 57.2 Å². The molecular weight excluding hydrogens is 350 g/mol. The molecule has 0 amide bonds. The summed E-state index contributed by atoms with van der Waals surface area (Å²) in [6.07, 6.45) is 9.82. The molecule has 4 rings (SSSR count). The van der Waals surface area contributed by atoms with Crippen LogP contribution in [-0.4, -0.2) is 24.3 Å². The van der Waals surface area contributed by atoms with Gasteiger partial charge >= 0.3 is 5.97 Å². The van der Waals surface area contributed by atoms with Crippen LogP contribution in [0.1, 0.15) is 53.4 Å². The van der Waals surface area contributed by atoms with Gasteiger partial charge in [0, 0.05) is 5.41 Å². The van der Waals surface area contributed by atoms with Gasteiger partial charge < -0.3 is 9.84 Å².